The van der Waals surface area contributed by atoms with Gasteiger partial charge in [0.2, 0.25) is 0 Å². The third-order valence-corrected chi connectivity index (χ3v) is 7.16. The number of hydrogen-bond acceptors (Lipinski definition) is 5. The number of dihydropyridines is 1. The summed E-state index contributed by atoms with van der Waals surface area (Å²) in [4.78, 5) is 31.0. The Hall–Kier alpha value is -2.77. The van der Waals surface area contributed by atoms with Crippen molar-refractivity contribution in [1.82, 2.24) is 10.3 Å². The lowest BCUT2D eigenvalue weighted by atomic mass is 9.75. The van der Waals surface area contributed by atoms with E-state index in [0.29, 0.717) is 22.7 Å². The van der Waals surface area contributed by atoms with Crippen LogP contribution in [-0.4, -0.2) is 16.7 Å². The van der Waals surface area contributed by atoms with Crippen molar-refractivity contribution in [1.29, 1.82) is 0 Å². The van der Waals surface area contributed by atoms with Crippen LogP contribution in [0.2, 0.25) is 0 Å². The maximum absolute atomic E-state index is 13.5. The van der Waals surface area contributed by atoms with Crippen molar-refractivity contribution in [2.24, 2.45) is 0 Å². The summed E-state index contributed by atoms with van der Waals surface area (Å²) < 4.78 is 1.93. The van der Waals surface area contributed by atoms with E-state index in [2.05, 4.69) is 31.5 Å². The number of carbonyl (C=O) groups is 2. The number of carbonyl (C=O) groups excluding carboxylic acids is 2. The molecular weight excluding hydrogens is 474 g/mol. The Bertz CT molecular complexity index is 1260. The van der Waals surface area contributed by atoms with E-state index in [1.54, 1.807) is 0 Å². The number of hydrogen-bond donors (Lipinski definition) is 2. The minimum Gasteiger partial charge on any atom is -0.362 e. The molecule has 0 radical (unpaired) electrons. The number of anilines is 1. The number of aromatic nitrogens is 1. The predicted molar refractivity (Wildman–Crippen MR) is 127 cm³/mol. The zero-order valence-corrected chi connectivity index (χ0v) is 19.3. The Balaban J connectivity index is 1.57. The first-order chi connectivity index (χ1) is 15.0. The molecule has 1 atom stereocenters. The molecule has 156 valence electrons. The second-order valence-electron chi connectivity index (χ2n) is 7.76. The summed E-state index contributed by atoms with van der Waals surface area (Å²) >= 11 is 4.98. The first kappa shape index (κ1) is 20.2. The van der Waals surface area contributed by atoms with Crippen LogP contribution in [-0.2, 0) is 9.59 Å². The Labute approximate surface area is 192 Å². The second-order valence-corrected chi connectivity index (χ2v) is 9.71. The lowest BCUT2D eigenvalue weighted by Gasteiger charge is -2.34. The molecule has 1 aromatic heterocycles. The smallest absolute Gasteiger partial charge is 0.256 e. The lowest BCUT2D eigenvalue weighted by molar-refractivity contribution is -0.116. The average molecular weight is 494 g/mol. The van der Waals surface area contributed by atoms with Gasteiger partial charge in [0, 0.05) is 39.4 Å². The van der Waals surface area contributed by atoms with Crippen LogP contribution in [0.15, 0.2) is 75.5 Å². The van der Waals surface area contributed by atoms with Gasteiger partial charge in [-0.2, -0.15) is 0 Å². The quantitative estimate of drug-likeness (QED) is 0.493. The highest BCUT2D eigenvalue weighted by Gasteiger charge is 2.38. The molecule has 0 saturated carbocycles. The molecule has 7 heteroatoms. The van der Waals surface area contributed by atoms with Crippen molar-refractivity contribution >= 4 is 54.3 Å². The number of nitrogens with zero attached hydrogens (tertiary/aromatic N) is 1. The second kappa shape index (κ2) is 8.05. The van der Waals surface area contributed by atoms with E-state index in [4.69, 9.17) is 0 Å². The number of halogens is 1. The fraction of sp³-hybridized carbons (Fsp3) is 0.208. The topological polar surface area (TPSA) is 71.1 Å². The lowest BCUT2D eigenvalue weighted by Crippen LogP contribution is -2.35. The summed E-state index contributed by atoms with van der Waals surface area (Å²) in [5.41, 5.74) is 4.77. The van der Waals surface area contributed by atoms with Crippen molar-refractivity contribution in [3.63, 3.8) is 0 Å². The highest BCUT2D eigenvalue weighted by molar-refractivity contribution is 9.10. The van der Waals surface area contributed by atoms with Gasteiger partial charge in [-0.15, -0.1) is 0 Å². The fourth-order valence-electron chi connectivity index (χ4n) is 4.39. The van der Waals surface area contributed by atoms with Crippen molar-refractivity contribution < 1.29 is 9.59 Å². The maximum Gasteiger partial charge on any atom is 0.256 e. The zero-order valence-electron chi connectivity index (χ0n) is 16.9. The van der Waals surface area contributed by atoms with E-state index in [9.17, 15) is 9.59 Å². The highest BCUT2D eigenvalue weighted by Crippen LogP contribution is 2.43. The monoisotopic (exact) mass is 493 g/mol. The molecule has 31 heavy (non-hydrogen) atoms. The van der Waals surface area contributed by atoms with Gasteiger partial charge in [-0.25, -0.2) is 4.98 Å². The maximum atomic E-state index is 13.5. The number of para-hydroxylation sites is 1. The summed E-state index contributed by atoms with van der Waals surface area (Å²) in [6, 6.07) is 15.6. The molecule has 0 fully saturated rings. The minimum absolute atomic E-state index is 0.108. The molecule has 1 amide bonds. The summed E-state index contributed by atoms with van der Waals surface area (Å²) in [6.45, 7) is 1.90. The minimum atomic E-state index is -0.407. The number of amides is 1. The number of benzene rings is 2. The Kier molecular flexibility index (Phi) is 5.24. The van der Waals surface area contributed by atoms with Crippen LogP contribution < -0.4 is 10.6 Å². The molecule has 2 aromatic carbocycles. The third kappa shape index (κ3) is 3.72. The number of fused-ring (bicyclic) bond motifs is 1. The van der Waals surface area contributed by atoms with Crippen molar-refractivity contribution in [2.45, 2.75) is 32.1 Å². The molecule has 5 nitrogen and oxygen atoms in total. The van der Waals surface area contributed by atoms with Gasteiger partial charge >= 0.3 is 0 Å². The van der Waals surface area contributed by atoms with Crippen LogP contribution in [0.1, 0.15) is 37.7 Å². The summed E-state index contributed by atoms with van der Waals surface area (Å²) in [6.07, 6.45) is 2.16. The van der Waals surface area contributed by atoms with Gasteiger partial charge in [0.1, 0.15) is 0 Å². The Morgan fingerprint density at radius 1 is 1.19 bits per heavy atom. The molecule has 1 aliphatic carbocycles. The van der Waals surface area contributed by atoms with E-state index >= 15 is 0 Å². The third-order valence-electron chi connectivity index (χ3n) is 5.72. The molecule has 2 heterocycles. The SMILES string of the molecule is CC1=C(C(=O)Nc2nc3ccccc3s2)[C@@H](c2cccc(Br)c2)C2=C(CCCC2=O)N1. The number of ketones is 1. The first-order valence-electron chi connectivity index (χ1n) is 10.2. The van der Waals surface area contributed by atoms with Crippen LogP contribution in [0.5, 0.6) is 0 Å². The van der Waals surface area contributed by atoms with E-state index in [1.807, 2.05) is 55.5 Å². The van der Waals surface area contributed by atoms with Gasteiger partial charge in [0.25, 0.3) is 5.91 Å². The average Bonchev–Trinajstić information content (AvgIpc) is 3.15. The molecule has 0 bridgehead atoms. The number of Topliss-reactive ketones (excluding diaryl/α,β-unsaturated/α-hetero) is 1. The van der Waals surface area contributed by atoms with Crippen LogP contribution >= 0.6 is 27.3 Å². The number of rotatable bonds is 3. The van der Waals surface area contributed by atoms with Gasteiger partial charge in [0.15, 0.2) is 10.9 Å². The highest BCUT2D eigenvalue weighted by atomic mass is 79.9. The van der Waals surface area contributed by atoms with E-state index < -0.39 is 5.92 Å². The molecule has 1 aliphatic heterocycles. The van der Waals surface area contributed by atoms with Gasteiger partial charge in [-0.05, 0) is 49.6 Å². The molecule has 3 aromatic rings. The van der Waals surface area contributed by atoms with Crippen LogP contribution in [0, 0.1) is 0 Å². The van der Waals surface area contributed by atoms with Crippen LogP contribution in [0.4, 0.5) is 5.13 Å². The molecule has 2 N–H and O–H groups in total. The van der Waals surface area contributed by atoms with Crippen LogP contribution in [0.3, 0.4) is 0 Å². The summed E-state index contributed by atoms with van der Waals surface area (Å²) in [5.74, 6) is -0.536. The van der Waals surface area contributed by atoms with Crippen molar-refractivity contribution in [2.75, 3.05) is 5.32 Å². The largest absolute Gasteiger partial charge is 0.362 e. The Morgan fingerprint density at radius 2 is 2.03 bits per heavy atom. The molecule has 2 aliphatic rings. The van der Waals surface area contributed by atoms with Gasteiger partial charge in [0.05, 0.1) is 10.2 Å². The van der Waals surface area contributed by atoms with Gasteiger partial charge < -0.3 is 5.32 Å². The number of thiazole rings is 1. The van der Waals surface area contributed by atoms with E-state index in [0.717, 1.165) is 44.5 Å². The molecule has 5 rings (SSSR count). The summed E-state index contributed by atoms with van der Waals surface area (Å²) in [5, 5.41) is 6.89. The van der Waals surface area contributed by atoms with E-state index in [1.165, 1.54) is 11.3 Å². The molecule has 0 saturated heterocycles. The zero-order chi connectivity index (χ0) is 21.5. The van der Waals surface area contributed by atoms with E-state index in [-0.39, 0.29) is 11.7 Å². The fourth-order valence-corrected chi connectivity index (χ4v) is 5.67. The van der Waals surface area contributed by atoms with Gasteiger partial charge in [-0.3, -0.25) is 14.9 Å². The number of allylic oxidation sites excluding steroid dienone is 3. The molecule has 0 spiro atoms. The van der Waals surface area contributed by atoms with Crippen molar-refractivity contribution in [3.8, 4) is 0 Å². The predicted octanol–water partition coefficient (Wildman–Crippen LogP) is 5.67. The van der Waals surface area contributed by atoms with Crippen LogP contribution in [0.25, 0.3) is 10.2 Å². The van der Waals surface area contributed by atoms with Gasteiger partial charge in [-0.1, -0.05) is 51.5 Å². The normalized spacial score (nSPS) is 18.8. The first-order valence-corrected chi connectivity index (χ1v) is 11.8. The standard InChI is InChI=1S/C24H20BrN3O2S/c1-13-20(23(30)28-24-27-16-8-2-3-11-19(16)31-24)21(14-6-4-7-15(25)12-14)22-17(26-13)9-5-10-18(22)29/h2-4,6-8,11-12,21,26H,5,9-10H2,1H3,(H,27,28,30)/t21-/m1/s1. The molecular formula is C24H20BrN3O2S. The number of nitrogens with one attached hydrogen (secondary N) is 2. The summed E-state index contributed by atoms with van der Waals surface area (Å²) in [7, 11) is 0. The Morgan fingerprint density at radius 3 is 2.84 bits per heavy atom. The van der Waals surface area contributed by atoms with Crippen molar-refractivity contribution in [3.05, 3.63) is 81.1 Å². The molecule has 0 unspecified atom stereocenters.